The Bertz CT molecular complexity index is 854. The van der Waals surface area contributed by atoms with Crippen molar-refractivity contribution in [3.05, 3.63) is 41.1 Å². The summed E-state index contributed by atoms with van der Waals surface area (Å²) in [5, 5.41) is 32.4. The molecule has 0 N–H and O–H groups in total. The Morgan fingerprint density at radius 3 is 1.11 bits per heavy atom. The molecule has 1 aromatic carbocycles. The molecule has 1 aromatic rings. The lowest BCUT2D eigenvalue weighted by Gasteiger charge is -1.74. The molecular weight excluding hydrogens is 236 g/mol. The van der Waals surface area contributed by atoms with Gasteiger partial charge in [-0.15, -0.1) is 0 Å². The SMILES string of the molecule is N#CC(C#N)=c1c(=O)c(=O)c(=C(C#N)C#N)c1=O. The highest BCUT2D eigenvalue weighted by Gasteiger charge is 2.16. The van der Waals surface area contributed by atoms with E-state index in [1.54, 1.807) is 0 Å². The molecule has 0 heterocycles. The van der Waals surface area contributed by atoms with Gasteiger partial charge in [0.05, 0.1) is 0 Å². The quantitative estimate of drug-likeness (QED) is 0.437. The average molecular weight is 236 g/mol. The summed E-state index contributed by atoms with van der Waals surface area (Å²) in [7, 11) is 0. The first-order valence-electron chi connectivity index (χ1n) is 4.26. The van der Waals surface area contributed by atoms with Crippen molar-refractivity contribution in [3.63, 3.8) is 0 Å². The molecule has 18 heavy (non-hydrogen) atoms. The van der Waals surface area contributed by atoms with Gasteiger partial charge < -0.3 is 0 Å². The number of hydrogen-bond donors (Lipinski definition) is 0. The van der Waals surface area contributed by atoms with Gasteiger partial charge in [-0.05, 0) is 0 Å². The lowest BCUT2D eigenvalue weighted by molar-refractivity contribution is 1.45. The van der Waals surface area contributed by atoms with Crippen molar-refractivity contribution < 1.29 is 0 Å². The molecule has 7 nitrogen and oxygen atoms in total. The Labute approximate surface area is 98.3 Å². The minimum absolute atomic E-state index is 0.816. The Hall–Kier alpha value is -3.55. The predicted molar refractivity (Wildman–Crippen MR) is 56.1 cm³/mol. The lowest BCUT2D eigenvalue weighted by atomic mass is 10.2. The third-order valence-electron chi connectivity index (χ3n) is 2.06. The summed E-state index contributed by atoms with van der Waals surface area (Å²) >= 11 is 0. The maximum Gasteiger partial charge on any atom is 0.239 e. The molecule has 0 spiro atoms. The molecule has 7 heteroatoms. The monoisotopic (exact) mass is 236 g/mol. The zero-order valence-electron chi connectivity index (χ0n) is 8.51. The largest absolute Gasteiger partial charge is 0.288 e. The average Bonchev–Trinajstić information content (AvgIpc) is 2.59. The van der Waals surface area contributed by atoms with Crippen LogP contribution >= 0.6 is 0 Å². The smallest absolute Gasteiger partial charge is 0.239 e. The van der Waals surface area contributed by atoms with Crippen molar-refractivity contribution in [1.82, 2.24) is 0 Å². The molecule has 0 fully saturated rings. The number of rotatable bonds is 0. The van der Waals surface area contributed by atoms with Gasteiger partial charge in [-0.25, -0.2) is 0 Å². The van der Waals surface area contributed by atoms with Crippen LogP contribution in [-0.4, -0.2) is 0 Å². The second-order valence-corrected chi connectivity index (χ2v) is 2.93. The molecule has 0 amide bonds. The van der Waals surface area contributed by atoms with E-state index in [9.17, 15) is 14.4 Å². The van der Waals surface area contributed by atoms with E-state index in [0.717, 1.165) is 0 Å². The second kappa shape index (κ2) is 4.53. The highest BCUT2D eigenvalue weighted by molar-refractivity contribution is 5.75. The first-order chi connectivity index (χ1) is 8.53. The van der Waals surface area contributed by atoms with E-state index >= 15 is 0 Å². The van der Waals surface area contributed by atoms with Crippen LogP contribution in [0.15, 0.2) is 14.4 Å². The topological polar surface area (TPSA) is 146 Å². The highest BCUT2D eigenvalue weighted by Crippen LogP contribution is 1.82. The Morgan fingerprint density at radius 1 is 0.611 bits per heavy atom. The van der Waals surface area contributed by atoms with E-state index in [1.807, 2.05) is 0 Å². The first-order valence-corrected chi connectivity index (χ1v) is 4.26. The van der Waals surface area contributed by atoms with Gasteiger partial charge in [-0.2, -0.15) is 21.0 Å². The van der Waals surface area contributed by atoms with Gasteiger partial charge in [0, 0.05) is 0 Å². The van der Waals surface area contributed by atoms with Gasteiger partial charge >= 0.3 is 0 Å². The van der Waals surface area contributed by atoms with Gasteiger partial charge in [0.25, 0.3) is 0 Å². The zero-order valence-corrected chi connectivity index (χ0v) is 8.51. The summed E-state index contributed by atoms with van der Waals surface area (Å²) in [6.07, 6.45) is 0. The molecule has 0 saturated heterocycles. The molecule has 0 atom stereocenters. The van der Waals surface area contributed by atoms with Gasteiger partial charge in [-0.1, -0.05) is 0 Å². The maximum atomic E-state index is 11.7. The molecule has 0 unspecified atom stereocenters. The van der Waals surface area contributed by atoms with Crippen LogP contribution in [0.4, 0.5) is 0 Å². The summed E-state index contributed by atoms with van der Waals surface area (Å²) in [5.74, 6) is 0. The van der Waals surface area contributed by atoms with Gasteiger partial charge in [0.2, 0.25) is 16.3 Å². The van der Waals surface area contributed by atoms with Crippen molar-refractivity contribution in [2.75, 3.05) is 0 Å². The zero-order chi connectivity index (χ0) is 13.9. The van der Waals surface area contributed by atoms with Crippen LogP contribution in [0.3, 0.4) is 0 Å². The molecular formula is C11N4O3. The van der Waals surface area contributed by atoms with E-state index in [0.29, 0.717) is 0 Å². The molecule has 1 rings (SSSR count). The van der Waals surface area contributed by atoms with E-state index in [4.69, 9.17) is 21.0 Å². The number of nitrogens with zero attached hydrogens (tertiary/aromatic N) is 4. The molecule has 0 aliphatic rings. The van der Waals surface area contributed by atoms with Crippen LogP contribution in [0, 0.1) is 45.3 Å². The van der Waals surface area contributed by atoms with E-state index in [2.05, 4.69) is 0 Å². The normalized spacial score (nSPS) is 8.44. The fourth-order valence-corrected chi connectivity index (χ4v) is 1.29. The Morgan fingerprint density at radius 2 is 0.889 bits per heavy atom. The van der Waals surface area contributed by atoms with E-state index in [-0.39, 0.29) is 0 Å². The molecule has 0 radical (unpaired) electrons. The minimum Gasteiger partial charge on any atom is -0.288 e. The van der Waals surface area contributed by atoms with Gasteiger partial charge in [0.1, 0.15) is 45.9 Å². The lowest BCUT2D eigenvalue weighted by Crippen LogP contribution is -2.38. The fourth-order valence-electron chi connectivity index (χ4n) is 1.29. The maximum absolute atomic E-state index is 11.7. The standard InChI is InChI=1S/C11N4O3/c12-1-5(2-13)7-9(16)8(6(3-14)4-15)11(18)10(7)17. The summed E-state index contributed by atoms with van der Waals surface area (Å²) in [5.41, 5.74) is -5.57. The van der Waals surface area contributed by atoms with Crippen molar-refractivity contribution in [2.45, 2.75) is 0 Å². The van der Waals surface area contributed by atoms with Gasteiger partial charge in [0.15, 0.2) is 0 Å². The summed E-state index contributed by atoms with van der Waals surface area (Å²) in [6.45, 7) is 0. The minimum atomic E-state index is -1.35. The van der Waals surface area contributed by atoms with Crippen molar-refractivity contribution >= 4 is 11.1 Å². The number of hydrogen-bond acceptors (Lipinski definition) is 7. The fraction of sp³-hybridized carbons (Fsp3) is 0. The van der Waals surface area contributed by atoms with Crippen molar-refractivity contribution in [2.24, 2.45) is 0 Å². The van der Waals surface area contributed by atoms with Gasteiger partial charge in [-0.3, -0.25) is 14.4 Å². The van der Waals surface area contributed by atoms with Crippen LogP contribution in [0.2, 0.25) is 0 Å². The molecule has 0 saturated carbocycles. The Balaban J connectivity index is 4.48. The molecule has 0 bridgehead atoms. The van der Waals surface area contributed by atoms with Crippen LogP contribution in [0.25, 0.3) is 11.1 Å². The van der Waals surface area contributed by atoms with E-state index in [1.165, 1.54) is 24.3 Å². The predicted octanol–water partition coefficient (Wildman–Crippen LogP) is -2.96. The molecule has 0 aromatic heterocycles. The summed E-state index contributed by atoms with van der Waals surface area (Å²) < 4.78 is 0. The summed E-state index contributed by atoms with van der Waals surface area (Å²) in [4.78, 5) is 34.6. The first kappa shape index (κ1) is 12.5. The van der Waals surface area contributed by atoms with Crippen LogP contribution in [0.5, 0.6) is 0 Å². The molecule has 82 valence electrons. The second-order valence-electron chi connectivity index (χ2n) is 2.93. The Kier molecular flexibility index (Phi) is 3.15. The van der Waals surface area contributed by atoms with Crippen LogP contribution in [-0.2, 0) is 0 Å². The van der Waals surface area contributed by atoms with E-state index < -0.39 is 37.9 Å². The molecule has 0 aliphatic carbocycles. The van der Waals surface area contributed by atoms with Crippen LogP contribution in [0.1, 0.15) is 0 Å². The third kappa shape index (κ3) is 1.55. The van der Waals surface area contributed by atoms with Crippen LogP contribution < -0.4 is 26.7 Å². The van der Waals surface area contributed by atoms with Crippen molar-refractivity contribution in [1.29, 1.82) is 21.0 Å². The highest BCUT2D eigenvalue weighted by atomic mass is 16.2. The third-order valence-corrected chi connectivity index (χ3v) is 2.06. The number of nitriles is 4. The summed E-state index contributed by atoms with van der Waals surface area (Å²) in [6, 6.07) is 5.23. The van der Waals surface area contributed by atoms with Crippen molar-refractivity contribution in [3.8, 4) is 24.3 Å². The molecule has 0 aliphatic heterocycles.